The molecule has 0 aliphatic heterocycles. The largest absolute Gasteiger partial charge is 0.416 e. The SMILES string of the molecule is CN(Cc1ccc(C(F)(F)F)cc1)C(C(=O)NC1CC1)c1ccccc1. The minimum Gasteiger partial charge on any atom is -0.352 e. The summed E-state index contributed by atoms with van der Waals surface area (Å²) in [5, 5.41) is 3.02. The van der Waals surface area contributed by atoms with Gasteiger partial charge in [-0.15, -0.1) is 0 Å². The van der Waals surface area contributed by atoms with Crippen LogP contribution in [0.3, 0.4) is 0 Å². The minimum atomic E-state index is -4.35. The number of nitrogens with zero attached hydrogens (tertiary/aromatic N) is 1. The van der Waals surface area contributed by atoms with Crippen LogP contribution in [-0.4, -0.2) is 23.9 Å². The van der Waals surface area contributed by atoms with Crippen LogP contribution in [0.15, 0.2) is 54.6 Å². The summed E-state index contributed by atoms with van der Waals surface area (Å²) in [6, 6.07) is 14.2. The summed E-state index contributed by atoms with van der Waals surface area (Å²) in [5.74, 6) is -0.0758. The van der Waals surface area contributed by atoms with Crippen LogP contribution in [0.4, 0.5) is 13.2 Å². The van der Waals surface area contributed by atoms with Crippen molar-refractivity contribution in [1.82, 2.24) is 10.2 Å². The molecule has 1 aliphatic carbocycles. The molecule has 0 saturated heterocycles. The number of nitrogens with one attached hydrogen (secondary N) is 1. The lowest BCUT2D eigenvalue weighted by Gasteiger charge is -2.28. The Kier molecular flexibility index (Phi) is 5.32. The zero-order chi connectivity index (χ0) is 18.7. The van der Waals surface area contributed by atoms with Crippen LogP contribution < -0.4 is 5.32 Å². The van der Waals surface area contributed by atoms with Gasteiger partial charge in [-0.2, -0.15) is 13.2 Å². The van der Waals surface area contributed by atoms with Crippen molar-refractivity contribution in [3.8, 4) is 0 Å². The van der Waals surface area contributed by atoms with E-state index in [4.69, 9.17) is 0 Å². The fourth-order valence-corrected chi connectivity index (χ4v) is 2.93. The lowest BCUT2D eigenvalue weighted by molar-refractivity contribution is -0.137. The Morgan fingerprint density at radius 2 is 1.73 bits per heavy atom. The normalized spacial score (nSPS) is 15.7. The van der Waals surface area contributed by atoms with Crippen LogP contribution in [0, 0.1) is 0 Å². The molecule has 2 aromatic rings. The predicted octanol–water partition coefficient (Wildman–Crippen LogP) is 4.16. The number of likely N-dealkylation sites (N-methyl/N-ethyl adjacent to an activating group) is 1. The molecule has 1 unspecified atom stereocenters. The molecule has 3 rings (SSSR count). The standard InChI is InChI=1S/C20H21F3N2O/c1-25(13-14-7-9-16(10-8-14)20(21,22)23)18(15-5-3-2-4-6-15)19(26)24-17-11-12-17/h2-10,17-18H,11-13H2,1H3,(H,24,26). The number of rotatable bonds is 6. The third-order valence-corrected chi connectivity index (χ3v) is 4.44. The molecule has 1 atom stereocenters. The first kappa shape index (κ1) is 18.5. The summed E-state index contributed by atoms with van der Waals surface area (Å²) in [4.78, 5) is 14.6. The first-order valence-electron chi connectivity index (χ1n) is 8.56. The Bertz CT molecular complexity index is 740. The molecule has 1 aliphatic rings. The van der Waals surface area contributed by atoms with Gasteiger partial charge in [-0.05, 0) is 43.1 Å². The average Bonchev–Trinajstić information content (AvgIpc) is 3.39. The topological polar surface area (TPSA) is 32.3 Å². The molecule has 1 saturated carbocycles. The third kappa shape index (κ3) is 4.64. The predicted molar refractivity (Wildman–Crippen MR) is 93.3 cm³/mol. The number of alkyl halides is 3. The molecule has 138 valence electrons. The van der Waals surface area contributed by atoms with Crippen molar-refractivity contribution in [3.05, 3.63) is 71.3 Å². The highest BCUT2D eigenvalue weighted by Gasteiger charge is 2.32. The van der Waals surface area contributed by atoms with E-state index in [1.54, 1.807) is 0 Å². The van der Waals surface area contributed by atoms with Crippen molar-refractivity contribution in [3.63, 3.8) is 0 Å². The molecular weight excluding hydrogens is 341 g/mol. The zero-order valence-corrected chi connectivity index (χ0v) is 14.5. The van der Waals surface area contributed by atoms with Crippen molar-refractivity contribution in [2.45, 2.75) is 37.6 Å². The van der Waals surface area contributed by atoms with E-state index in [1.165, 1.54) is 12.1 Å². The fourth-order valence-electron chi connectivity index (χ4n) is 2.93. The number of halogens is 3. The molecule has 3 nitrogen and oxygen atoms in total. The van der Waals surface area contributed by atoms with E-state index in [0.29, 0.717) is 6.54 Å². The Balaban J connectivity index is 1.76. The highest BCUT2D eigenvalue weighted by Crippen LogP contribution is 2.30. The van der Waals surface area contributed by atoms with Crippen molar-refractivity contribution < 1.29 is 18.0 Å². The molecule has 2 aromatic carbocycles. The molecule has 0 spiro atoms. The van der Waals surface area contributed by atoms with Gasteiger partial charge in [0.25, 0.3) is 0 Å². The third-order valence-electron chi connectivity index (χ3n) is 4.44. The molecule has 0 radical (unpaired) electrons. The van der Waals surface area contributed by atoms with E-state index in [9.17, 15) is 18.0 Å². The first-order valence-corrected chi connectivity index (χ1v) is 8.56. The Morgan fingerprint density at radius 1 is 1.12 bits per heavy atom. The summed E-state index contributed by atoms with van der Waals surface area (Å²) in [7, 11) is 1.81. The van der Waals surface area contributed by atoms with Crippen LogP contribution >= 0.6 is 0 Å². The first-order chi connectivity index (χ1) is 12.3. The maximum absolute atomic E-state index is 12.7. The molecular formula is C20H21F3N2O. The lowest BCUT2D eigenvalue weighted by atomic mass is 10.0. The molecule has 6 heteroatoms. The van der Waals surface area contributed by atoms with Gasteiger partial charge in [0.05, 0.1) is 5.56 Å². The zero-order valence-electron chi connectivity index (χ0n) is 14.5. The molecule has 0 heterocycles. The molecule has 0 bridgehead atoms. The summed E-state index contributed by atoms with van der Waals surface area (Å²) < 4.78 is 38.1. The molecule has 1 amide bonds. The Morgan fingerprint density at radius 3 is 2.27 bits per heavy atom. The van der Waals surface area contributed by atoms with Crippen LogP contribution in [-0.2, 0) is 17.5 Å². The van der Waals surface area contributed by atoms with Crippen LogP contribution in [0.1, 0.15) is 35.6 Å². The van der Waals surface area contributed by atoms with E-state index in [1.807, 2.05) is 42.3 Å². The maximum atomic E-state index is 12.7. The minimum absolute atomic E-state index is 0.0758. The number of hydrogen-bond acceptors (Lipinski definition) is 2. The fraction of sp³-hybridized carbons (Fsp3) is 0.350. The maximum Gasteiger partial charge on any atom is 0.416 e. The smallest absolute Gasteiger partial charge is 0.352 e. The van der Waals surface area contributed by atoms with Gasteiger partial charge in [0.15, 0.2) is 0 Å². The van der Waals surface area contributed by atoms with E-state index < -0.39 is 17.8 Å². The Hall–Kier alpha value is -2.34. The second kappa shape index (κ2) is 7.50. The number of benzene rings is 2. The van der Waals surface area contributed by atoms with Crippen LogP contribution in [0.25, 0.3) is 0 Å². The second-order valence-corrected chi connectivity index (χ2v) is 6.71. The van der Waals surface area contributed by atoms with E-state index in [0.717, 1.165) is 36.1 Å². The molecule has 1 fully saturated rings. The van der Waals surface area contributed by atoms with Crippen molar-refractivity contribution >= 4 is 5.91 Å². The molecule has 1 N–H and O–H groups in total. The summed E-state index contributed by atoms with van der Waals surface area (Å²) in [6.45, 7) is 0.371. The van der Waals surface area contributed by atoms with Gasteiger partial charge < -0.3 is 5.32 Å². The molecule has 26 heavy (non-hydrogen) atoms. The number of carbonyl (C=O) groups excluding carboxylic acids is 1. The van der Waals surface area contributed by atoms with Gasteiger partial charge in [-0.1, -0.05) is 42.5 Å². The second-order valence-electron chi connectivity index (χ2n) is 6.71. The van der Waals surface area contributed by atoms with E-state index in [2.05, 4.69) is 5.32 Å². The van der Waals surface area contributed by atoms with Gasteiger partial charge >= 0.3 is 6.18 Å². The van der Waals surface area contributed by atoms with E-state index >= 15 is 0 Å². The van der Waals surface area contributed by atoms with Crippen molar-refractivity contribution in [2.75, 3.05) is 7.05 Å². The highest BCUT2D eigenvalue weighted by molar-refractivity contribution is 5.83. The summed E-state index contributed by atoms with van der Waals surface area (Å²) >= 11 is 0. The average molecular weight is 362 g/mol. The van der Waals surface area contributed by atoms with Gasteiger partial charge in [0.2, 0.25) is 5.91 Å². The van der Waals surface area contributed by atoms with Crippen LogP contribution in [0.2, 0.25) is 0 Å². The number of amides is 1. The summed E-state index contributed by atoms with van der Waals surface area (Å²) in [5.41, 5.74) is 0.913. The monoisotopic (exact) mass is 362 g/mol. The van der Waals surface area contributed by atoms with Crippen molar-refractivity contribution in [2.24, 2.45) is 0 Å². The van der Waals surface area contributed by atoms with Crippen molar-refractivity contribution in [1.29, 1.82) is 0 Å². The number of carbonyl (C=O) groups is 1. The quantitative estimate of drug-likeness (QED) is 0.837. The van der Waals surface area contributed by atoms with E-state index in [-0.39, 0.29) is 11.9 Å². The van der Waals surface area contributed by atoms with Gasteiger partial charge in [-0.25, -0.2) is 0 Å². The highest BCUT2D eigenvalue weighted by atomic mass is 19.4. The van der Waals surface area contributed by atoms with Gasteiger partial charge in [-0.3, -0.25) is 9.69 Å². The summed E-state index contributed by atoms with van der Waals surface area (Å²) in [6.07, 6.45) is -2.35. The van der Waals surface area contributed by atoms with Gasteiger partial charge in [0.1, 0.15) is 6.04 Å². The number of hydrogen-bond donors (Lipinski definition) is 1. The Labute approximate surface area is 150 Å². The lowest BCUT2D eigenvalue weighted by Crippen LogP contribution is -2.39. The van der Waals surface area contributed by atoms with Gasteiger partial charge in [0, 0.05) is 12.6 Å². The van der Waals surface area contributed by atoms with Crippen LogP contribution in [0.5, 0.6) is 0 Å². The molecule has 0 aromatic heterocycles.